The fraction of sp³-hybridized carbons (Fsp3) is 0.533. The summed E-state index contributed by atoms with van der Waals surface area (Å²) < 4.78 is 5.98. The predicted molar refractivity (Wildman–Crippen MR) is 82.9 cm³/mol. The zero-order chi connectivity index (χ0) is 14.7. The number of likely N-dealkylation sites (tertiary alicyclic amines) is 1. The Kier molecular flexibility index (Phi) is 5.05. The van der Waals surface area contributed by atoms with Crippen molar-refractivity contribution in [1.82, 2.24) is 4.90 Å². The summed E-state index contributed by atoms with van der Waals surface area (Å²) in [6.07, 6.45) is 1.02. The van der Waals surface area contributed by atoms with E-state index >= 15 is 0 Å². The fourth-order valence-electron chi connectivity index (χ4n) is 2.62. The minimum atomic E-state index is 0.0682. The molecule has 110 valence electrons. The smallest absolute Gasteiger partial charge is 0.253 e. The number of nitrogens with two attached hydrogens (primary N) is 1. The van der Waals surface area contributed by atoms with Crippen molar-refractivity contribution in [2.24, 2.45) is 17.6 Å². The highest BCUT2D eigenvalue weighted by atomic mass is 79.9. The van der Waals surface area contributed by atoms with Crippen LogP contribution in [-0.2, 0) is 0 Å². The number of hydrogen-bond acceptors (Lipinski definition) is 3. The van der Waals surface area contributed by atoms with Gasteiger partial charge in [0.1, 0.15) is 5.75 Å². The molecule has 0 saturated carbocycles. The van der Waals surface area contributed by atoms with Crippen molar-refractivity contribution in [1.29, 1.82) is 0 Å². The number of rotatable bonds is 3. The number of hydrogen-bond donors (Lipinski definition) is 1. The first-order chi connectivity index (χ1) is 9.56. The first-order valence-electron chi connectivity index (χ1n) is 6.89. The number of amides is 1. The second-order valence-corrected chi connectivity index (χ2v) is 6.22. The molecule has 2 atom stereocenters. The van der Waals surface area contributed by atoms with Gasteiger partial charge in [0.2, 0.25) is 0 Å². The van der Waals surface area contributed by atoms with E-state index in [4.69, 9.17) is 10.5 Å². The normalized spacial score (nSPS) is 22.7. The second kappa shape index (κ2) is 6.59. The Bertz CT molecular complexity index is 493. The summed E-state index contributed by atoms with van der Waals surface area (Å²) in [5, 5.41) is 0. The topological polar surface area (TPSA) is 55.6 Å². The van der Waals surface area contributed by atoms with E-state index in [0.29, 0.717) is 23.9 Å². The van der Waals surface area contributed by atoms with Crippen LogP contribution in [0.5, 0.6) is 5.75 Å². The molecule has 2 rings (SSSR count). The van der Waals surface area contributed by atoms with Gasteiger partial charge in [-0.25, -0.2) is 0 Å². The Labute approximate surface area is 128 Å². The van der Waals surface area contributed by atoms with Crippen LogP contribution in [0.1, 0.15) is 23.7 Å². The van der Waals surface area contributed by atoms with Crippen LogP contribution in [0, 0.1) is 11.8 Å². The highest BCUT2D eigenvalue weighted by molar-refractivity contribution is 9.10. The third-order valence-corrected chi connectivity index (χ3v) is 4.72. The minimum absolute atomic E-state index is 0.0682. The highest BCUT2D eigenvalue weighted by Gasteiger charge is 2.28. The number of carbonyl (C=O) groups excluding carboxylic acids is 1. The van der Waals surface area contributed by atoms with Crippen molar-refractivity contribution in [3.63, 3.8) is 0 Å². The zero-order valence-electron chi connectivity index (χ0n) is 11.9. The summed E-state index contributed by atoms with van der Waals surface area (Å²) in [4.78, 5) is 14.5. The molecule has 1 aliphatic heterocycles. The van der Waals surface area contributed by atoms with Crippen molar-refractivity contribution in [3.8, 4) is 5.75 Å². The molecule has 5 heteroatoms. The van der Waals surface area contributed by atoms with E-state index in [1.165, 1.54) is 0 Å². The Morgan fingerprint density at radius 2 is 2.30 bits per heavy atom. The van der Waals surface area contributed by atoms with Gasteiger partial charge in [-0.3, -0.25) is 4.79 Å². The predicted octanol–water partition coefficient (Wildman–Crippen LogP) is 2.51. The average Bonchev–Trinajstić information content (AvgIpc) is 2.47. The summed E-state index contributed by atoms with van der Waals surface area (Å²) in [7, 11) is 1.61. The van der Waals surface area contributed by atoms with E-state index in [-0.39, 0.29) is 5.91 Å². The molecule has 0 aliphatic carbocycles. The number of ether oxygens (including phenoxy) is 1. The maximum atomic E-state index is 12.5. The van der Waals surface area contributed by atoms with Gasteiger partial charge in [0, 0.05) is 18.7 Å². The van der Waals surface area contributed by atoms with Gasteiger partial charge >= 0.3 is 0 Å². The second-order valence-electron chi connectivity index (χ2n) is 5.36. The molecular weight excluding hydrogens is 320 g/mol. The van der Waals surface area contributed by atoms with Gasteiger partial charge < -0.3 is 15.4 Å². The van der Waals surface area contributed by atoms with Crippen LogP contribution >= 0.6 is 15.9 Å². The molecule has 0 radical (unpaired) electrons. The molecule has 1 aliphatic rings. The zero-order valence-corrected chi connectivity index (χ0v) is 13.5. The van der Waals surface area contributed by atoms with Gasteiger partial charge in [0.15, 0.2) is 0 Å². The maximum absolute atomic E-state index is 12.5. The quantitative estimate of drug-likeness (QED) is 0.919. The number of carbonyl (C=O) groups is 1. The van der Waals surface area contributed by atoms with E-state index < -0.39 is 0 Å². The molecule has 1 aromatic rings. The van der Waals surface area contributed by atoms with E-state index in [2.05, 4.69) is 22.9 Å². The molecule has 20 heavy (non-hydrogen) atoms. The molecule has 0 aromatic heterocycles. The van der Waals surface area contributed by atoms with E-state index in [9.17, 15) is 4.79 Å². The first-order valence-corrected chi connectivity index (χ1v) is 7.69. The SMILES string of the molecule is COc1ccc(C(=O)N2CCC(C)C(CN)C2)cc1Br. The lowest BCUT2D eigenvalue weighted by molar-refractivity contribution is 0.0618. The summed E-state index contributed by atoms with van der Waals surface area (Å²) in [5.74, 6) is 1.79. The lowest BCUT2D eigenvalue weighted by Gasteiger charge is -2.36. The molecule has 1 aromatic carbocycles. The summed E-state index contributed by atoms with van der Waals surface area (Å²) in [6, 6.07) is 5.43. The molecule has 1 fully saturated rings. The van der Waals surface area contributed by atoms with Crippen molar-refractivity contribution in [2.45, 2.75) is 13.3 Å². The number of benzene rings is 1. The maximum Gasteiger partial charge on any atom is 0.253 e. The monoisotopic (exact) mass is 340 g/mol. The van der Waals surface area contributed by atoms with Gasteiger partial charge in [-0.2, -0.15) is 0 Å². The van der Waals surface area contributed by atoms with Gasteiger partial charge in [0.25, 0.3) is 5.91 Å². The van der Waals surface area contributed by atoms with E-state index in [1.807, 2.05) is 17.0 Å². The Hall–Kier alpha value is -1.07. The van der Waals surface area contributed by atoms with Crippen LogP contribution in [0.15, 0.2) is 22.7 Å². The van der Waals surface area contributed by atoms with Crippen LogP contribution in [0.2, 0.25) is 0 Å². The van der Waals surface area contributed by atoms with Crippen LogP contribution in [-0.4, -0.2) is 37.6 Å². The first kappa shape index (κ1) is 15.3. The van der Waals surface area contributed by atoms with Crippen molar-refractivity contribution in [2.75, 3.05) is 26.7 Å². The number of halogens is 1. The molecule has 2 N–H and O–H groups in total. The van der Waals surface area contributed by atoms with Crippen molar-refractivity contribution in [3.05, 3.63) is 28.2 Å². The fourth-order valence-corrected chi connectivity index (χ4v) is 3.16. The largest absolute Gasteiger partial charge is 0.496 e. The number of nitrogens with zero attached hydrogens (tertiary/aromatic N) is 1. The van der Waals surface area contributed by atoms with Crippen molar-refractivity contribution >= 4 is 21.8 Å². The van der Waals surface area contributed by atoms with E-state index in [0.717, 1.165) is 29.7 Å². The standard InChI is InChI=1S/C15H21BrN2O2/c1-10-5-6-18(9-12(10)8-17)15(19)11-3-4-14(20-2)13(16)7-11/h3-4,7,10,12H,5-6,8-9,17H2,1-2H3. The Balaban J connectivity index is 2.13. The Morgan fingerprint density at radius 1 is 1.55 bits per heavy atom. The number of piperidine rings is 1. The van der Waals surface area contributed by atoms with Gasteiger partial charge in [0.05, 0.1) is 11.6 Å². The molecular formula is C15H21BrN2O2. The summed E-state index contributed by atoms with van der Waals surface area (Å²) in [5.41, 5.74) is 6.48. The summed E-state index contributed by atoms with van der Waals surface area (Å²) >= 11 is 3.42. The number of methoxy groups -OCH3 is 1. The van der Waals surface area contributed by atoms with Crippen LogP contribution in [0.25, 0.3) is 0 Å². The third kappa shape index (κ3) is 3.15. The van der Waals surface area contributed by atoms with Crippen LogP contribution in [0.3, 0.4) is 0 Å². The van der Waals surface area contributed by atoms with Gasteiger partial charge in [-0.15, -0.1) is 0 Å². The molecule has 0 bridgehead atoms. The van der Waals surface area contributed by atoms with E-state index in [1.54, 1.807) is 13.2 Å². The molecule has 2 unspecified atom stereocenters. The minimum Gasteiger partial charge on any atom is -0.496 e. The molecule has 1 saturated heterocycles. The molecule has 4 nitrogen and oxygen atoms in total. The summed E-state index contributed by atoms with van der Waals surface area (Å²) in [6.45, 7) is 4.40. The molecule has 1 amide bonds. The highest BCUT2D eigenvalue weighted by Crippen LogP contribution is 2.28. The van der Waals surface area contributed by atoms with Gasteiger partial charge in [-0.1, -0.05) is 6.92 Å². The van der Waals surface area contributed by atoms with Crippen LogP contribution < -0.4 is 10.5 Å². The molecule has 0 spiro atoms. The average molecular weight is 341 g/mol. The Morgan fingerprint density at radius 3 is 2.90 bits per heavy atom. The van der Waals surface area contributed by atoms with Gasteiger partial charge in [-0.05, 0) is 58.9 Å². The molecule has 1 heterocycles. The van der Waals surface area contributed by atoms with Crippen LogP contribution in [0.4, 0.5) is 0 Å². The lowest BCUT2D eigenvalue weighted by Crippen LogP contribution is -2.45. The van der Waals surface area contributed by atoms with Crippen molar-refractivity contribution < 1.29 is 9.53 Å². The third-order valence-electron chi connectivity index (χ3n) is 4.10. The lowest BCUT2D eigenvalue weighted by atomic mass is 9.87.